The van der Waals surface area contributed by atoms with Crippen LogP contribution in [0.2, 0.25) is 5.02 Å². The lowest BCUT2D eigenvalue weighted by molar-refractivity contribution is -0.141. The first-order valence-corrected chi connectivity index (χ1v) is 9.87. The number of carbonyl (C=O) groups excluding carboxylic acids is 1. The van der Waals surface area contributed by atoms with Gasteiger partial charge in [0.05, 0.1) is 45.4 Å². The summed E-state index contributed by atoms with van der Waals surface area (Å²) in [5, 5.41) is 12.5. The van der Waals surface area contributed by atoms with Gasteiger partial charge in [-0.1, -0.05) is 11.6 Å². The second-order valence-electron chi connectivity index (χ2n) is 7.10. The maximum Gasteiger partial charge on any atom is 0.435 e. The summed E-state index contributed by atoms with van der Waals surface area (Å²) in [6, 6.07) is 5.20. The molecule has 1 aromatic carbocycles. The van der Waals surface area contributed by atoms with Crippen molar-refractivity contribution in [2.24, 2.45) is 7.05 Å². The zero-order valence-corrected chi connectivity index (χ0v) is 17.7. The second-order valence-corrected chi connectivity index (χ2v) is 7.51. The van der Waals surface area contributed by atoms with Crippen molar-refractivity contribution < 1.29 is 18.0 Å². The summed E-state index contributed by atoms with van der Waals surface area (Å²) in [6.45, 7) is 1.99. The molecular formula is C20H17ClF3N7O. The van der Waals surface area contributed by atoms with Gasteiger partial charge in [-0.05, 0) is 31.2 Å². The van der Waals surface area contributed by atoms with E-state index in [1.165, 1.54) is 11.0 Å². The molecule has 0 spiro atoms. The van der Waals surface area contributed by atoms with Crippen LogP contribution in [-0.2, 0) is 19.8 Å². The number of hydrogen-bond acceptors (Lipinski definition) is 6. The topological polar surface area (TPSA) is 103 Å². The van der Waals surface area contributed by atoms with E-state index in [4.69, 9.17) is 17.3 Å². The van der Waals surface area contributed by atoms with Gasteiger partial charge in [0.1, 0.15) is 5.82 Å². The molecule has 166 valence electrons. The number of nitrogens with zero attached hydrogens (tertiary/aromatic N) is 6. The number of nitrogens with two attached hydrogens (primary N) is 1. The normalized spacial score (nSPS) is 11.9. The van der Waals surface area contributed by atoms with Crippen molar-refractivity contribution in [2.75, 3.05) is 12.3 Å². The van der Waals surface area contributed by atoms with Gasteiger partial charge >= 0.3 is 6.18 Å². The van der Waals surface area contributed by atoms with E-state index in [1.54, 1.807) is 37.0 Å². The number of pyridine rings is 1. The Hall–Kier alpha value is -3.47. The molecule has 0 saturated carbocycles. The van der Waals surface area contributed by atoms with Gasteiger partial charge in [0, 0.05) is 19.0 Å². The van der Waals surface area contributed by atoms with Gasteiger partial charge in [0.25, 0.3) is 5.91 Å². The number of aryl methyl sites for hydroxylation is 1. The Morgan fingerprint density at radius 3 is 2.59 bits per heavy atom. The van der Waals surface area contributed by atoms with Crippen LogP contribution in [0.3, 0.4) is 0 Å². The molecular weight excluding hydrogens is 447 g/mol. The Labute approximate surface area is 184 Å². The quantitative estimate of drug-likeness (QED) is 0.493. The molecule has 0 fully saturated rings. The highest BCUT2D eigenvalue weighted by molar-refractivity contribution is 6.35. The number of halogens is 4. The number of nitrogen functional groups attached to an aromatic ring is 1. The van der Waals surface area contributed by atoms with Crippen LogP contribution in [0.1, 0.15) is 28.7 Å². The summed E-state index contributed by atoms with van der Waals surface area (Å²) >= 11 is 6.39. The first kappa shape index (κ1) is 21.8. The monoisotopic (exact) mass is 463 g/mol. The molecule has 2 N–H and O–H groups in total. The molecule has 3 aromatic heterocycles. The minimum Gasteiger partial charge on any atom is -0.383 e. The van der Waals surface area contributed by atoms with Crippen LogP contribution in [0.25, 0.3) is 21.8 Å². The molecule has 4 aromatic rings. The van der Waals surface area contributed by atoms with E-state index in [0.717, 1.165) is 6.07 Å². The number of amides is 1. The van der Waals surface area contributed by atoms with Gasteiger partial charge in [-0.2, -0.15) is 23.4 Å². The first-order chi connectivity index (χ1) is 15.1. The minimum absolute atomic E-state index is 0.0318. The molecule has 3 heterocycles. The van der Waals surface area contributed by atoms with Gasteiger partial charge in [0.2, 0.25) is 0 Å². The Kier molecular flexibility index (Phi) is 5.37. The van der Waals surface area contributed by atoms with Crippen LogP contribution >= 0.6 is 11.6 Å². The minimum atomic E-state index is -4.58. The van der Waals surface area contributed by atoms with Crippen LogP contribution in [0.5, 0.6) is 0 Å². The van der Waals surface area contributed by atoms with E-state index in [2.05, 4.69) is 20.3 Å². The van der Waals surface area contributed by atoms with Crippen molar-refractivity contribution in [1.29, 1.82) is 0 Å². The maximum atomic E-state index is 13.2. The highest BCUT2D eigenvalue weighted by atomic mass is 35.5. The largest absolute Gasteiger partial charge is 0.435 e. The molecule has 0 aliphatic carbocycles. The van der Waals surface area contributed by atoms with Crippen LogP contribution in [0.4, 0.5) is 19.0 Å². The molecule has 8 nitrogen and oxygen atoms in total. The zero-order valence-electron chi connectivity index (χ0n) is 17.0. The molecule has 0 unspecified atom stereocenters. The van der Waals surface area contributed by atoms with Crippen molar-refractivity contribution in [3.63, 3.8) is 0 Å². The molecule has 1 amide bonds. The fourth-order valence-corrected chi connectivity index (χ4v) is 3.67. The van der Waals surface area contributed by atoms with E-state index >= 15 is 0 Å². The lowest BCUT2D eigenvalue weighted by Crippen LogP contribution is -2.31. The molecule has 0 atom stereocenters. The predicted octanol–water partition coefficient (Wildman–Crippen LogP) is 3.83. The number of benzene rings is 1. The zero-order chi connectivity index (χ0) is 23.2. The number of rotatable bonds is 4. The third-order valence-corrected chi connectivity index (χ3v) is 5.37. The van der Waals surface area contributed by atoms with E-state index in [1.807, 2.05) is 0 Å². The highest BCUT2D eigenvalue weighted by Gasteiger charge is 2.33. The van der Waals surface area contributed by atoms with E-state index in [0.29, 0.717) is 27.6 Å². The number of alkyl halides is 3. The van der Waals surface area contributed by atoms with Gasteiger partial charge in [-0.25, -0.2) is 4.98 Å². The van der Waals surface area contributed by atoms with Gasteiger partial charge in [0.15, 0.2) is 5.69 Å². The lowest BCUT2D eigenvalue weighted by atomic mass is 10.1. The standard InChI is InChI=1S/C20H17ClF3N7O/c1-3-31(9-10-4-5-16(29-28-10)20(22,23)24)19(32)11-6-12-15(7-14(11)21)27-18(25)13-8-26-30(2)17(12)13/h4-8H,3,9H2,1-2H3,(H2,25,27). The van der Waals surface area contributed by atoms with Crippen LogP contribution < -0.4 is 5.73 Å². The van der Waals surface area contributed by atoms with Crippen molar-refractivity contribution >= 4 is 45.1 Å². The maximum absolute atomic E-state index is 13.2. The molecule has 0 radical (unpaired) electrons. The van der Waals surface area contributed by atoms with Crippen molar-refractivity contribution in [3.8, 4) is 0 Å². The summed E-state index contributed by atoms with van der Waals surface area (Å²) in [4.78, 5) is 19.0. The van der Waals surface area contributed by atoms with Gasteiger partial charge in [-0.15, -0.1) is 5.10 Å². The Bertz CT molecular complexity index is 1340. The number of anilines is 1. The molecule has 0 aliphatic rings. The average Bonchev–Trinajstić information content (AvgIpc) is 3.13. The molecule has 32 heavy (non-hydrogen) atoms. The van der Waals surface area contributed by atoms with Gasteiger partial charge in [-0.3, -0.25) is 9.48 Å². The number of hydrogen-bond donors (Lipinski definition) is 1. The van der Waals surface area contributed by atoms with E-state index in [-0.39, 0.29) is 29.4 Å². The average molecular weight is 464 g/mol. The Balaban J connectivity index is 1.71. The van der Waals surface area contributed by atoms with E-state index in [9.17, 15) is 18.0 Å². The first-order valence-electron chi connectivity index (χ1n) is 9.49. The fourth-order valence-electron chi connectivity index (χ4n) is 3.43. The number of fused-ring (bicyclic) bond motifs is 3. The van der Waals surface area contributed by atoms with Gasteiger partial charge < -0.3 is 10.6 Å². The third kappa shape index (κ3) is 3.79. The predicted molar refractivity (Wildman–Crippen MR) is 113 cm³/mol. The number of carbonyl (C=O) groups is 1. The SMILES string of the molecule is CCN(Cc1ccc(C(F)(F)F)nn1)C(=O)c1cc2c(cc1Cl)nc(N)c1cnn(C)c12. The molecule has 0 bridgehead atoms. The van der Waals surface area contributed by atoms with Crippen molar-refractivity contribution in [1.82, 2.24) is 29.9 Å². The Morgan fingerprint density at radius 1 is 1.22 bits per heavy atom. The second kappa shape index (κ2) is 7.90. The highest BCUT2D eigenvalue weighted by Crippen LogP contribution is 2.32. The molecule has 0 aliphatic heterocycles. The molecule has 12 heteroatoms. The number of aromatic nitrogens is 5. The Morgan fingerprint density at radius 2 is 1.97 bits per heavy atom. The molecule has 4 rings (SSSR count). The summed E-state index contributed by atoms with van der Waals surface area (Å²) in [7, 11) is 1.75. The molecule has 0 saturated heterocycles. The summed E-state index contributed by atoms with van der Waals surface area (Å²) < 4.78 is 39.8. The van der Waals surface area contributed by atoms with Crippen LogP contribution in [0.15, 0.2) is 30.5 Å². The smallest absolute Gasteiger partial charge is 0.383 e. The summed E-state index contributed by atoms with van der Waals surface area (Å²) in [5.41, 5.74) is 6.56. The van der Waals surface area contributed by atoms with E-state index < -0.39 is 17.8 Å². The van der Waals surface area contributed by atoms with Crippen LogP contribution in [0, 0.1) is 0 Å². The van der Waals surface area contributed by atoms with Crippen molar-refractivity contribution in [3.05, 3.63) is 52.4 Å². The third-order valence-electron chi connectivity index (χ3n) is 5.06. The summed E-state index contributed by atoms with van der Waals surface area (Å²) in [6.07, 6.45) is -2.99. The fraction of sp³-hybridized carbons (Fsp3) is 0.250. The van der Waals surface area contributed by atoms with Crippen molar-refractivity contribution in [2.45, 2.75) is 19.6 Å². The summed E-state index contributed by atoms with van der Waals surface area (Å²) in [5.74, 6) is -0.111. The lowest BCUT2D eigenvalue weighted by Gasteiger charge is -2.21. The van der Waals surface area contributed by atoms with Crippen LogP contribution in [-0.4, -0.2) is 42.3 Å².